The molecule has 0 amide bonds. The van der Waals surface area contributed by atoms with Gasteiger partial charge in [-0.05, 0) is 17.2 Å². The minimum atomic E-state index is -4.35. The first-order valence-corrected chi connectivity index (χ1v) is 5.87. The molecule has 1 atom stereocenters. The predicted molar refractivity (Wildman–Crippen MR) is 69.9 cm³/mol. The van der Waals surface area contributed by atoms with E-state index in [1.807, 2.05) is 18.2 Å². The summed E-state index contributed by atoms with van der Waals surface area (Å²) in [6.45, 7) is 3.67. The molecule has 2 aromatic rings. The number of rotatable bonds is 3. The average Bonchev–Trinajstić information content (AvgIpc) is 2.40. The summed E-state index contributed by atoms with van der Waals surface area (Å²) >= 11 is 0. The van der Waals surface area contributed by atoms with E-state index in [1.165, 1.54) is 12.1 Å². The fraction of sp³-hybridized carbons (Fsp3) is 0.125. The van der Waals surface area contributed by atoms with Crippen molar-refractivity contribution in [1.82, 2.24) is 0 Å². The molecule has 1 unspecified atom stereocenters. The number of benzene rings is 2. The van der Waals surface area contributed by atoms with Crippen LogP contribution in [-0.4, -0.2) is 0 Å². The highest BCUT2D eigenvalue weighted by Gasteiger charge is 2.34. The van der Waals surface area contributed by atoms with Crippen LogP contribution in [0.4, 0.5) is 13.2 Å². The molecular weight excluding hydrogens is 249 g/mol. The Hall–Kier alpha value is -2.03. The minimum Gasteiger partial charge on any atom is -0.166 e. The fourth-order valence-corrected chi connectivity index (χ4v) is 2.13. The van der Waals surface area contributed by atoms with Crippen LogP contribution in [0.3, 0.4) is 0 Å². The number of halogens is 3. The van der Waals surface area contributed by atoms with Crippen molar-refractivity contribution in [3.05, 3.63) is 83.9 Å². The van der Waals surface area contributed by atoms with Crippen LogP contribution in [0.1, 0.15) is 22.6 Å². The van der Waals surface area contributed by atoms with Gasteiger partial charge in [0.15, 0.2) is 0 Å². The lowest BCUT2D eigenvalue weighted by molar-refractivity contribution is -0.138. The molecule has 2 rings (SSSR count). The molecule has 0 radical (unpaired) electrons. The lowest BCUT2D eigenvalue weighted by atomic mass is 9.88. The maximum atomic E-state index is 13.0. The lowest BCUT2D eigenvalue weighted by Gasteiger charge is -2.19. The molecule has 0 nitrogen and oxygen atoms in total. The smallest absolute Gasteiger partial charge is 0.166 e. The highest BCUT2D eigenvalue weighted by atomic mass is 19.4. The Morgan fingerprint density at radius 3 is 2.05 bits per heavy atom. The number of hydrogen-bond donors (Lipinski definition) is 0. The number of allylic oxidation sites excluding steroid dienone is 1. The van der Waals surface area contributed by atoms with Crippen LogP contribution in [0.5, 0.6) is 0 Å². The monoisotopic (exact) mass is 262 g/mol. The summed E-state index contributed by atoms with van der Waals surface area (Å²) in [5.41, 5.74) is 0.425. The molecule has 0 saturated carbocycles. The van der Waals surface area contributed by atoms with E-state index < -0.39 is 17.7 Å². The Kier molecular flexibility index (Phi) is 3.74. The van der Waals surface area contributed by atoms with E-state index in [-0.39, 0.29) is 5.56 Å². The molecule has 2 aromatic carbocycles. The molecule has 0 aliphatic carbocycles. The summed E-state index contributed by atoms with van der Waals surface area (Å²) in [7, 11) is 0. The van der Waals surface area contributed by atoms with Crippen LogP contribution < -0.4 is 0 Å². The highest BCUT2D eigenvalue weighted by molar-refractivity contribution is 5.42. The van der Waals surface area contributed by atoms with E-state index in [2.05, 4.69) is 6.58 Å². The normalized spacial score (nSPS) is 13.0. The molecule has 0 bridgehead atoms. The first kappa shape index (κ1) is 13.4. The molecule has 0 heterocycles. The number of alkyl halides is 3. The van der Waals surface area contributed by atoms with Crippen molar-refractivity contribution in [1.29, 1.82) is 0 Å². The van der Waals surface area contributed by atoms with E-state index in [1.54, 1.807) is 24.3 Å². The second-order valence-electron chi connectivity index (χ2n) is 4.21. The molecule has 0 N–H and O–H groups in total. The quantitative estimate of drug-likeness (QED) is 0.681. The van der Waals surface area contributed by atoms with Crippen LogP contribution in [0, 0.1) is 0 Å². The molecule has 0 saturated heterocycles. The average molecular weight is 262 g/mol. The van der Waals surface area contributed by atoms with Gasteiger partial charge in [-0.1, -0.05) is 54.6 Å². The first-order chi connectivity index (χ1) is 9.04. The van der Waals surface area contributed by atoms with Crippen LogP contribution >= 0.6 is 0 Å². The Balaban J connectivity index is 2.54. The van der Waals surface area contributed by atoms with Gasteiger partial charge in [-0.15, -0.1) is 6.58 Å². The van der Waals surface area contributed by atoms with Crippen molar-refractivity contribution < 1.29 is 13.2 Å². The fourth-order valence-electron chi connectivity index (χ4n) is 2.13. The molecule has 98 valence electrons. The van der Waals surface area contributed by atoms with Gasteiger partial charge in [0.1, 0.15) is 0 Å². The first-order valence-electron chi connectivity index (χ1n) is 5.87. The summed E-state index contributed by atoms with van der Waals surface area (Å²) in [4.78, 5) is 0. The SMILES string of the molecule is C=CC(c1ccccc1)c1ccccc1C(F)(F)F. The zero-order valence-electron chi connectivity index (χ0n) is 10.2. The molecule has 0 aliphatic heterocycles. The van der Waals surface area contributed by atoms with Gasteiger partial charge in [-0.2, -0.15) is 13.2 Å². The Bertz CT molecular complexity index is 556. The van der Waals surface area contributed by atoms with Gasteiger partial charge in [0.25, 0.3) is 0 Å². The molecule has 0 spiro atoms. The van der Waals surface area contributed by atoms with E-state index in [0.29, 0.717) is 0 Å². The molecule has 3 heteroatoms. The topological polar surface area (TPSA) is 0 Å². The Labute approximate surface area is 110 Å². The van der Waals surface area contributed by atoms with Gasteiger partial charge in [-0.25, -0.2) is 0 Å². The van der Waals surface area contributed by atoms with Crippen molar-refractivity contribution in [2.45, 2.75) is 12.1 Å². The van der Waals surface area contributed by atoms with Gasteiger partial charge >= 0.3 is 6.18 Å². The van der Waals surface area contributed by atoms with Crippen molar-refractivity contribution in [3.63, 3.8) is 0 Å². The third-order valence-corrected chi connectivity index (χ3v) is 3.00. The third-order valence-electron chi connectivity index (χ3n) is 3.00. The molecule has 0 aliphatic rings. The summed E-state index contributed by atoms with van der Waals surface area (Å²) in [5.74, 6) is -0.459. The van der Waals surface area contributed by atoms with E-state index in [4.69, 9.17) is 0 Å². The van der Waals surface area contributed by atoms with Crippen molar-refractivity contribution >= 4 is 0 Å². The minimum absolute atomic E-state index is 0.233. The van der Waals surface area contributed by atoms with Crippen LogP contribution in [0.2, 0.25) is 0 Å². The van der Waals surface area contributed by atoms with Crippen molar-refractivity contribution in [2.24, 2.45) is 0 Å². The Morgan fingerprint density at radius 2 is 1.47 bits per heavy atom. The standard InChI is InChI=1S/C16H13F3/c1-2-13(12-8-4-3-5-9-12)14-10-6-7-11-15(14)16(17,18)19/h2-11,13H,1H2. The van der Waals surface area contributed by atoms with E-state index >= 15 is 0 Å². The van der Waals surface area contributed by atoms with Crippen molar-refractivity contribution in [3.8, 4) is 0 Å². The Morgan fingerprint density at radius 1 is 0.895 bits per heavy atom. The van der Waals surface area contributed by atoms with Crippen molar-refractivity contribution in [2.75, 3.05) is 0 Å². The third kappa shape index (κ3) is 2.87. The molecule has 0 aromatic heterocycles. The van der Waals surface area contributed by atoms with Crippen LogP contribution in [0.25, 0.3) is 0 Å². The largest absolute Gasteiger partial charge is 0.416 e. The molecule has 0 fully saturated rings. The van der Waals surface area contributed by atoms with Gasteiger partial charge in [-0.3, -0.25) is 0 Å². The van der Waals surface area contributed by atoms with Gasteiger partial charge < -0.3 is 0 Å². The van der Waals surface area contributed by atoms with Crippen LogP contribution in [-0.2, 0) is 6.18 Å². The lowest BCUT2D eigenvalue weighted by Crippen LogP contribution is -2.11. The summed E-state index contributed by atoms with van der Waals surface area (Å²) < 4.78 is 39.1. The second kappa shape index (κ2) is 5.31. The molecule has 19 heavy (non-hydrogen) atoms. The summed E-state index contributed by atoms with van der Waals surface area (Å²) in [6.07, 6.45) is -2.81. The maximum absolute atomic E-state index is 13.0. The van der Waals surface area contributed by atoms with E-state index in [0.717, 1.165) is 11.6 Å². The number of hydrogen-bond acceptors (Lipinski definition) is 0. The van der Waals surface area contributed by atoms with Gasteiger partial charge in [0.2, 0.25) is 0 Å². The van der Waals surface area contributed by atoms with Crippen LogP contribution in [0.15, 0.2) is 67.3 Å². The van der Waals surface area contributed by atoms with E-state index in [9.17, 15) is 13.2 Å². The highest BCUT2D eigenvalue weighted by Crippen LogP contribution is 2.37. The summed E-state index contributed by atoms with van der Waals surface area (Å²) in [5, 5.41) is 0. The predicted octanol–water partition coefficient (Wildman–Crippen LogP) is 5.02. The second-order valence-corrected chi connectivity index (χ2v) is 4.21. The van der Waals surface area contributed by atoms with Gasteiger partial charge in [0, 0.05) is 5.92 Å². The molecular formula is C16H13F3. The summed E-state index contributed by atoms with van der Waals surface area (Å²) in [6, 6.07) is 14.7. The zero-order chi connectivity index (χ0) is 13.9. The zero-order valence-corrected chi connectivity index (χ0v) is 10.2. The maximum Gasteiger partial charge on any atom is 0.416 e. The van der Waals surface area contributed by atoms with Gasteiger partial charge in [0.05, 0.1) is 5.56 Å².